The van der Waals surface area contributed by atoms with Crippen molar-refractivity contribution >= 4 is 39.5 Å². The van der Waals surface area contributed by atoms with Crippen molar-refractivity contribution in [2.45, 2.75) is 394 Å². The van der Waals surface area contributed by atoms with Gasteiger partial charge in [-0.2, -0.15) is 0 Å². The highest BCUT2D eigenvalue weighted by Crippen LogP contribution is 2.45. The summed E-state index contributed by atoms with van der Waals surface area (Å²) in [7, 11) is -9.90. The third kappa shape index (κ3) is 66.7. The molecular weight excluding hydrogens is 1210 g/mol. The standard InChI is InChI=1S/C73H142O17P2/c1-7-9-11-13-15-17-18-19-20-21-22-26-29-33-37-44-50-56-71(76)84-61-68(89-72(77)57-51-45-38-34-30-27-24-23-25-28-32-35-41-47-53-65(3)4)63-87-91(79,80)85-59-67(74)60-86-92(81,82)88-64-69(90-73(78)58-52-46-40-39-42-48-54-66(5)6)62-83-70(75)55-49-43-36-31-16-14-12-10-8-2/h65-69,74H,7-64H2,1-6H3,(H,79,80)(H,81,82)/t67-,68-,69-/m1/s1. The van der Waals surface area contributed by atoms with Crippen LogP contribution in [0.5, 0.6) is 0 Å². The van der Waals surface area contributed by atoms with Gasteiger partial charge in [-0.3, -0.25) is 37.3 Å². The van der Waals surface area contributed by atoms with Crippen molar-refractivity contribution in [3.63, 3.8) is 0 Å². The average molecular weight is 1350 g/mol. The van der Waals surface area contributed by atoms with Crippen molar-refractivity contribution in [1.29, 1.82) is 0 Å². The van der Waals surface area contributed by atoms with Crippen LogP contribution >= 0.6 is 15.6 Å². The molecule has 0 rings (SSSR count). The zero-order valence-electron chi connectivity index (χ0n) is 59.9. The van der Waals surface area contributed by atoms with Crippen molar-refractivity contribution in [3.05, 3.63) is 0 Å². The molecule has 0 radical (unpaired) electrons. The van der Waals surface area contributed by atoms with Crippen molar-refractivity contribution in [2.75, 3.05) is 39.6 Å². The van der Waals surface area contributed by atoms with Gasteiger partial charge in [0.25, 0.3) is 0 Å². The first-order valence-corrected chi connectivity index (χ1v) is 41.0. The second-order valence-corrected chi connectivity index (χ2v) is 30.2. The lowest BCUT2D eigenvalue weighted by Gasteiger charge is -2.21. The predicted molar refractivity (Wildman–Crippen MR) is 372 cm³/mol. The highest BCUT2D eigenvalue weighted by molar-refractivity contribution is 7.47. The number of rotatable bonds is 72. The molecule has 546 valence electrons. The molecule has 0 aromatic heterocycles. The molecule has 19 heteroatoms. The molecule has 2 unspecified atom stereocenters. The number of esters is 4. The second-order valence-electron chi connectivity index (χ2n) is 27.3. The number of hydrogen-bond acceptors (Lipinski definition) is 15. The van der Waals surface area contributed by atoms with Gasteiger partial charge in [0.05, 0.1) is 26.4 Å². The van der Waals surface area contributed by atoms with Crippen LogP contribution in [-0.2, 0) is 65.4 Å². The molecule has 0 heterocycles. The Labute approximate surface area is 562 Å². The normalized spacial score (nSPS) is 14.1. The fourth-order valence-electron chi connectivity index (χ4n) is 11.1. The molecule has 17 nitrogen and oxygen atoms in total. The third-order valence-corrected chi connectivity index (χ3v) is 18.9. The average Bonchev–Trinajstić information content (AvgIpc) is 1.97. The van der Waals surface area contributed by atoms with E-state index < -0.39 is 97.5 Å². The zero-order chi connectivity index (χ0) is 67.9. The molecule has 0 aliphatic heterocycles. The van der Waals surface area contributed by atoms with Gasteiger partial charge in [-0.15, -0.1) is 0 Å². The van der Waals surface area contributed by atoms with E-state index in [2.05, 4.69) is 41.5 Å². The molecule has 0 bridgehead atoms. The molecule has 3 N–H and O–H groups in total. The molecule has 0 fully saturated rings. The Balaban J connectivity index is 5.20. The lowest BCUT2D eigenvalue weighted by Crippen LogP contribution is -2.30. The number of phosphoric acid groups is 2. The maximum atomic E-state index is 13.1. The maximum absolute atomic E-state index is 13.1. The minimum absolute atomic E-state index is 0.102. The molecule has 0 aromatic rings. The van der Waals surface area contributed by atoms with Gasteiger partial charge in [0.1, 0.15) is 19.3 Å². The summed E-state index contributed by atoms with van der Waals surface area (Å²) in [6, 6.07) is 0. The molecule has 5 atom stereocenters. The Bertz CT molecular complexity index is 1790. The molecular formula is C73H142O17P2. The number of aliphatic hydroxyl groups is 1. The molecule has 0 aliphatic rings. The first kappa shape index (κ1) is 90.1. The number of aliphatic hydroxyl groups excluding tert-OH is 1. The monoisotopic (exact) mass is 1350 g/mol. The maximum Gasteiger partial charge on any atom is 0.472 e. The molecule has 0 spiro atoms. The zero-order valence-corrected chi connectivity index (χ0v) is 61.6. The predicted octanol–water partition coefficient (Wildman–Crippen LogP) is 21.2. The SMILES string of the molecule is CCCCCCCCCCCCCCCCCCCC(=O)OC[C@H](COP(=O)(O)OC[C@@H](O)COP(=O)(O)OC[C@@H](COC(=O)CCCCCCCCCCC)OC(=O)CCCCCCCCC(C)C)OC(=O)CCCCCCCCCCCCCCCCC(C)C. The van der Waals surface area contributed by atoms with Gasteiger partial charge in [0.2, 0.25) is 0 Å². The van der Waals surface area contributed by atoms with Crippen molar-refractivity contribution in [2.24, 2.45) is 11.8 Å². The second kappa shape index (κ2) is 65.0. The Hall–Kier alpha value is -1.94. The van der Waals surface area contributed by atoms with E-state index >= 15 is 0 Å². The summed E-state index contributed by atoms with van der Waals surface area (Å²) in [5.74, 6) is -0.660. The number of carbonyl (C=O) groups is 4. The van der Waals surface area contributed by atoms with Crippen LogP contribution in [0.2, 0.25) is 0 Å². The Morgan fingerprint density at radius 1 is 0.293 bits per heavy atom. The van der Waals surface area contributed by atoms with Gasteiger partial charge in [0, 0.05) is 25.7 Å². The number of ether oxygens (including phenoxy) is 4. The third-order valence-electron chi connectivity index (χ3n) is 17.0. The number of carbonyl (C=O) groups excluding carboxylic acids is 4. The van der Waals surface area contributed by atoms with Crippen LogP contribution in [0.4, 0.5) is 0 Å². The lowest BCUT2D eigenvalue weighted by molar-refractivity contribution is -0.161. The van der Waals surface area contributed by atoms with Crippen LogP contribution in [0.3, 0.4) is 0 Å². The largest absolute Gasteiger partial charge is 0.472 e. The fraction of sp³-hybridized carbons (Fsp3) is 0.945. The van der Waals surface area contributed by atoms with Crippen LogP contribution in [0, 0.1) is 11.8 Å². The van der Waals surface area contributed by atoms with Gasteiger partial charge >= 0.3 is 39.5 Å². The summed E-state index contributed by atoms with van der Waals surface area (Å²) < 4.78 is 68.3. The lowest BCUT2D eigenvalue weighted by atomic mass is 10.0. The van der Waals surface area contributed by atoms with Crippen LogP contribution < -0.4 is 0 Å². The quantitative estimate of drug-likeness (QED) is 0.0222. The number of phosphoric ester groups is 2. The van der Waals surface area contributed by atoms with Crippen molar-refractivity contribution < 1.29 is 80.2 Å². The van der Waals surface area contributed by atoms with E-state index in [9.17, 15) is 43.2 Å². The van der Waals surface area contributed by atoms with E-state index in [1.165, 1.54) is 193 Å². The molecule has 0 amide bonds. The first-order chi connectivity index (χ1) is 44.4. The summed E-state index contributed by atoms with van der Waals surface area (Å²) >= 11 is 0. The Kier molecular flexibility index (Phi) is 63.7. The minimum atomic E-state index is -4.95. The summed E-state index contributed by atoms with van der Waals surface area (Å²) in [6.07, 6.45) is 51.6. The Morgan fingerprint density at radius 3 is 0.739 bits per heavy atom. The first-order valence-electron chi connectivity index (χ1n) is 38.0. The molecule has 0 saturated carbocycles. The molecule has 92 heavy (non-hydrogen) atoms. The van der Waals surface area contributed by atoms with Gasteiger partial charge in [-0.25, -0.2) is 9.13 Å². The van der Waals surface area contributed by atoms with E-state index in [-0.39, 0.29) is 25.7 Å². The smallest absolute Gasteiger partial charge is 0.462 e. The van der Waals surface area contributed by atoms with Gasteiger partial charge < -0.3 is 33.8 Å². The highest BCUT2D eigenvalue weighted by atomic mass is 31.2. The van der Waals surface area contributed by atoms with Crippen molar-refractivity contribution in [1.82, 2.24) is 0 Å². The van der Waals surface area contributed by atoms with Gasteiger partial charge in [0.15, 0.2) is 12.2 Å². The topological polar surface area (TPSA) is 237 Å². The number of unbranched alkanes of at least 4 members (excludes halogenated alkanes) is 42. The van der Waals surface area contributed by atoms with E-state index in [1.54, 1.807) is 0 Å². The van der Waals surface area contributed by atoms with E-state index in [0.717, 1.165) is 95.8 Å². The van der Waals surface area contributed by atoms with E-state index in [1.807, 2.05) is 0 Å². The van der Waals surface area contributed by atoms with Gasteiger partial charge in [-0.1, -0.05) is 324 Å². The molecule has 0 aliphatic carbocycles. The van der Waals surface area contributed by atoms with Crippen LogP contribution in [-0.4, -0.2) is 96.7 Å². The summed E-state index contributed by atoms with van der Waals surface area (Å²) in [5, 5.41) is 10.6. The Morgan fingerprint density at radius 2 is 0.500 bits per heavy atom. The van der Waals surface area contributed by atoms with E-state index in [4.69, 9.17) is 37.0 Å². The van der Waals surface area contributed by atoms with Crippen LogP contribution in [0.25, 0.3) is 0 Å². The van der Waals surface area contributed by atoms with Crippen LogP contribution in [0.1, 0.15) is 375 Å². The number of hydrogen-bond donors (Lipinski definition) is 3. The fourth-order valence-corrected chi connectivity index (χ4v) is 12.7. The summed E-state index contributed by atoms with van der Waals surface area (Å²) in [6.45, 7) is 9.49. The summed E-state index contributed by atoms with van der Waals surface area (Å²) in [4.78, 5) is 72.6. The molecule has 0 aromatic carbocycles. The van der Waals surface area contributed by atoms with Gasteiger partial charge in [-0.05, 0) is 37.5 Å². The van der Waals surface area contributed by atoms with Crippen LogP contribution in [0.15, 0.2) is 0 Å². The summed E-state index contributed by atoms with van der Waals surface area (Å²) in [5.41, 5.74) is 0. The molecule has 0 saturated heterocycles. The van der Waals surface area contributed by atoms with Crippen molar-refractivity contribution in [3.8, 4) is 0 Å². The highest BCUT2D eigenvalue weighted by Gasteiger charge is 2.30. The van der Waals surface area contributed by atoms with E-state index in [0.29, 0.717) is 31.6 Å². The minimum Gasteiger partial charge on any atom is -0.462 e.